The zero-order chi connectivity index (χ0) is 30.8. The molecule has 0 fully saturated rings. The highest BCUT2D eigenvalue weighted by molar-refractivity contribution is 7.12. The van der Waals surface area contributed by atoms with E-state index in [4.69, 9.17) is 5.10 Å². The Balaban J connectivity index is 1.50. The average molecular weight is 605 g/mol. The molecule has 7 nitrogen and oxygen atoms in total. The van der Waals surface area contributed by atoms with E-state index < -0.39 is 5.78 Å². The Morgan fingerprint density at radius 1 is 0.556 bits per heavy atom. The van der Waals surface area contributed by atoms with Crippen LogP contribution in [0.15, 0.2) is 145 Å². The highest BCUT2D eigenvalue weighted by Crippen LogP contribution is 2.33. The van der Waals surface area contributed by atoms with Crippen molar-refractivity contribution in [3.63, 3.8) is 0 Å². The number of benzene rings is 4. The zero-order valence-electron chi connectivity index (χ0n) is 23.8. The Morgan fingerprint density at radius 2 is 1.16 bits per heavy atom. The molecule has 3 heterocycles. The Hall–Kier alpha value is -5.99. The maximum absolute atomic E-state index is 14.7. The highest BCUT2D eigenvalue weighted by atomic mass is 32.1. The van der Waals surface area contributed by atoms with Gasteiger partial charge in [-0.15, -0.1) is 11.3 Å². The van der Waals surface area contributed by atoms with E-state index in [0.717, 1.165) is 0 Å². The van der Waals surface area contributed by atoms with Crippen LogP contribution in [0.4, 0.5) is 0 Å². The highest BCUT2D eigenvalue weighted by Gasteiger charge is 2.34. The molecule has 0 amide bonds. The van der Waals surface area contributed by atoms with E-state index in [2.05, 4.69) is 5.10 Å². The lowest BCUT2D eigenvalue weighted by Crippen LogP contribution is -2.14. The molecule has 4 aromatic carbocycles. The summed E-state index contributed by atoms with van der Waals surface area (Å²) in [6.45, 7) is 0. The van der Waals surface area contributed by atoms with E-state index in [0.29, 0.717) is 33.1 Å². The topological polar surface area (TPSA) is 86.8 Å². The number of rotatable bonds is 9. The summed E-state index contributed by atoms with van der Waals surface area (Å²) >= 11 is 1.27. The maximum Gasteiger partial charge on any atom is 0.223 e. The summed E-state index contributed by atoms with van der Waals surface area (Å²) in [6, 6.07) is 40.3. The van der Waals surface area contributed by atoms with Crippen LogP contribution in [0.5, 0.6) is 0 Å². The summed E-state index contributed by atoms with van der Waals surface area (Å²) in [5, 5.41) is 11.2. The minimum Gasteiger partial charge on any atom is -0.288 e. The smallest absolute Gasteiger partial charge is 0.223 e. The molecule has 3 aromatic heterocycles. The molecular formula is C37H24N4O3S. The normalized spacial score (nSPS) is 10.9. The predicted molar refractivity (Wildman–Crippen MR) is 174 cm³/mol. The molecule has 8 heteroatoms. The molecule has 0 N–H and O–H groups in total. The van der Waals surface area contributed by atoms with Crippen molar-refractivity contribution in [3.05, 3.63) is 178 Å². The third-order valence-corrected chi connectivity index (χ3v) is 8.22. The molecule has 216 valence electrons. The number of ketones is 3. The van der Waals surface area contributed by atoms with Gasteiger partial charge in [0.2, 0.25) is 11.6 Å². The van der Waals surface area contributed by atoms with Gasteiger partial charge in [0.1, 0.15) is 11.4 Å². The van der Waals surface area contributed by atoms with Gasteiger partial charge in [-0.1, -0.05) is 103 Å². The van der Waals surface area contributed by atoms with Crippen molar-refractivity contribution in [2.24, 2.45) is 0 Å². The van der Waals surface area contributed by atoms with Crippen molar-refractivity contribution in [3.8, 4) is 22.6 Å². The summed E-state index contributed by atoms with van der Waals surface area (Å²) in [4.78, 5) is 43.3. The van der Waals surface area contributed by atoms with Gasteiger partial charge in [0.05, 0.1) is 33.1 Å². The maximum atomic E-state index is 14.7. The third-order valence-electron chi connectivity index (χ3n) is 7.35. The molecule has 0 bridgehead atoms. The number of para-hydroxylation sites is 2. The van der Waals surface area contributed by atoms with Crippen molar-refractivity contribution >= 4 is 28.7 Å². The first-order valence-electron chi connectivity index (χ1n) is 14.2. The van der Waals surface area contributed by atoms with E-state index in [1.807, 2.05) is 97.1 Å². The zero-order valence-corrected chi connectivity index (χ0v) is 24.6. The first-order chi connectivity index (χ1) is 22.1. The van der Waals surface area contributed by atoms with Crippen molar-refractivity contribution in [2.75, 3.05) is 0 Å². The fourth-order valence-corrected chi connectivity index (χ4v) is 5.88. The second-order valence-electron chi connectivity index (χ2n) is 10.2. The summed E-state index contributed by atoms with van der Waals surface area (Å²) in [7, 11) is 0. The minimum absolute atomic E-state index is 0.0139. The van der Waals surface area contributed by atoms with Crippen LogP contribution in [0.3, 0.4) is 0 Å². The molecule has 45 heavy (non-hydrogen) atoms. The Labute approximate surface area is 262 Å². The average Bonchev–Trinajstić information content (AvgIpc) is 3.89. The van der Waals surface area contributed by atoms with E-state index in [1.54, 1.807) is 52.7 Å². The van der Waals surface area contributed by atoms with Gasteiger partial charge in [-0.2, -0.15) is 10.2 Å². The molecule has 0 radical (unpaired) electrons. The number of thiophene rings is 1. The molecule has 0 unspecified atom stereocenters. The molecule has 7 rings (SSSR count). The van der Waals surface area contributed by atoms with E-state index >= 15 is 0 Å². The molecule has 0 aliphatic rings. The van der Waals surface area contributed by atoms with Crippen LogP contribution in [0.25, 0.3) is 22.6 Å². The number of hydrogen-bond donors (Lipinski definition) is 0. The lowest BCUT2D eigenvalue weighted by Gasteiger charge is -2.10. The molecule has 0 saturated heterocycles. The van der Waals surface area contributed by atoms with Crippen LogP contribution in [0.2, 0.25) is 0 Å². The Bertz CT molecular complexity index is 2140. The second kappa shape index (κ2) is 11.9. The van der Waals surface area contributed by atoms with Crippen LogP contribution in [-0.4, -0.2) is 36.9 Å². The summed E-state index contributed by atoms with van der Waals surface area (Å²) in [5.41, 5.74) is 3.05. The van der Waals surface area contributed by atoms with Crippen molar-refractivity contribution < 1.29 is 14.4 Å². The van der Waals surface area contributed by atoms with Crippen molar-refractivity contribution in [1.82, 2.24) is 19.6 Å². The van der Waals surface area contributed by atoms with Gasteiger partial charge in [-0.25, -0.2) is 9.36 Å². The van der Waals surface area contributed by atoms with Gasteiger partial charge < -0.3 is 0 Å². The van der Waals surface area contributed by atoms with Gasteiger partial charge in [0.15, 0.2) is 5.78 Å². The van der Waals surface area contributed by atoms with Crippen molar-refractivity contribution in [2.45, 2.75) is 0 Å². The van der Waals surface area contributed by atoms with E-state index in [-0.39, 0.29) is 34.1 Å². The van der Waals surface area contributed by atoms with Crippen LogP contribution in [0, 0.1) is 0 Å². The van der Waals surface area contributed by atoms with Crippen LogP contribution >= 0.6 is 11.3 Å². The van der Waals surface area contributed by atoms with Gasteiger partial charge in [-0.05, 0) is 35.7 Å². The van der Waals surface area contributed by atoms with Gasteiger partial charge in [0, 0.05) is 17.3 Å². The number of hydrogen-bond acceptors (Lipinski definition) is 6. The first-order valence-corrected chi connectivity index (χ1v) is 15.1. The molecule has 0 aliphatic heterocycles. The molecule has 7 aromatic rings. The summed E-state index contributed by atoms with van der Waals surface area (Å²) in [6.07, 6.45) is 1.54. The Kier molecular flexibility index (Phi) is 7.39. The van der Waals surface area contributed by atoms with Gasteiger partial charge >= 0.3 is 0 Å². The van der Waals surface area contributed by atoms with Gasteiger partial charge in [-0.3, -0.25) is 14.4 Å². The van der Waals surface area contributed by atoms with E-state index in [9.17, 15) is 14.4 Å². The number of aromatic nitrogens is 4. The fraction of sp³-hybridized carbons (Fsp3) is 0. The number of carbonyl (C=O) groups is 3. The molecule has 0 aliphatic carbocycles. The molecule has 0 atom stereocenters. The number of nitrogens with zero attached hydrogens (tertiary/aromatic N) is 4. The third kappa shape index (κ3) is 5.24. The minimum atomic E-state index is -0.580. The number of carbonyl (C=O) groups excluding carboxylic acids is 3. The van der Waals surface area contributed by atoms with Gasteiger partial charge in [0.25, 0.3) is 0 Å². The monoisotopic (exact) mass is 604 g/mol. The van der Waals surface area contributed by atoms with Crippen LogP contribution in [-0.2, 0) is 0 Å². The molecule has 0 saturated carbocycles. The fourth-order valence-electron chi connectivity index (χ4n) is 5.22. The first kappa shape index (κ1) is 27.8. The Morgan fingerprint density at radius 3 is 1.78 bits per heavy atom. The SMILES string of the molecule is O=C(c1cccs1)c1nn(-c2ccccc2)cc1C(=O)c1nn(-c2ccccc2)c(-c2ccccc2)c1C(=O)c1ccccc1. The second-order valence-corrected chi connectivity index (χ2v) is 11.1. The largest absolute Gasteiger partial charge is 0.288 e. The van der Waals surface area contributed by atoms with Crippen molar-refractivity contribution in [1.29, 1.82) is 0 Å². The molecule has 0 spiro atoms. The standard InChI is InChI=1S/C37H24N4O3S/c42-35(26-16-7-2-8-17-26)31-33(39-41(28-20-11-4-12-21-28)34(31)25-14-5-1-6-15-25)36(43)29-24-40(27-18-9-3-10-19-27)38-32(29)37(44)30-22-13-23-45-30/h1-24H. The quantitative estimate of drug-likeness (QED) is 0.160. The van der Waals surface area contributed by atoms with Crippen LogP contribution in [0.1, 0.15) is 47.3 Å². The molecular weight excluding hydrogens is 580 g/mol. The predicted octanol–water partition coefficient (Wildman–Crippen LogP) is 7.48. The summed E-state index contributed by atoms with van der Waals surface area (Å²) < 4.78 is 3.14. The van der Waals surface area contributed by atoms with Crippen LogP contribution < -0.4 is 0 Å². The van der Waals surface area contributed by atoms with E-state index in [1.165, 1.54) is 16.0 Å². The lowest BCUT2D eigenvalue weighted by atomic mass is 9.94. The lowest BCUT2D eigenvalue weighted by molar-refractivity contribution is 0.0991. The summed E-state index contributed by atoms with van der Waals surface area (Å²) in [5.74, 6) is -1.32.